The van der Waals surface area contributed by atoms with Gasteiger partial charge in [0, 0.05) is 6.61 Å². The van der Waals surface area contributed by atoms with E-state index in [9.17, 15) is 0 Å². The second-order valence-electron chi connectivity index (χ2n) is 4.25. The number of ether oxygens (including phenoxy) is 1. The van der Waals surface area contributed by atoms with Crippen LogP contribution in [0.15, 0.2) is 24.3 Å². The lowest BCUT2D eigenvalue weighted by Crippen LogP contribution is -2.07. The largest absolute Gasteiger partial charge is 0.370 e. The van der Waals surface area contributed by atoms with Crippen LogP contribution in [0.2, 0.25) is 0 Å². The highest BCUT2D eigenvalue weighted by molar-refractivity contribution is 5.76. The third-order valence-electron chi connectivity index (χ3n) is 3.15. The molecule has 0 N–H and O–H groups in total. The molecule has 0 saturated carbocycles. The van der Waals surface area contributed by atoms with Gasteiger partial charge in [0.25, 0.3) is 0 Å². The molecule has 0 bridgehead atoms. The summed E-state index contributed by atoms with van der Waals surface area (Å²) in [7, 11) is 0. The quantitative estimate of drug-likeness (QED) is 0.736. The molecule has 0 unspecified atom stereocenters. The lowest BCUT2D eigenvalue weighted by Gasteiger charge is -2.10. The molecule has 1 aliphatic rings. The fourth-order valence-electron chi connectivity index (χ4n) is 2.38. The Bertz CT molecular complexity index is 573. The van der Waals surface area contributed by atoms with Gasteiger partial charge >= 0.3 is 0 Å². The van der Waals surface area contributed by atoms with Crippen molar-refractivity contribution < 1.29 is 4.74 Å². The van der Waals surface area contributed by atoms with Gasteiger partial charge in [0.05, 0.1) is 17.6 Å². The Morgan fingerprint density at radius 3 is 3.12 bits per heavy atom. The third kappa shape index (κ3) is 1.71. The lowest BCUT2D eigenvalue weighted by molar-refractivity contribution is 0.103. The molecular weight excluding hydrogens is 212 g/mol. The van der Waals surface area contributed by atoms with E-state index >= 15 is 0 Å². The zero-order valence-corrected chi connectivity index (χ0v) is 9.60. The minimum absolute atomic E-state index is 0.107. The van der Waals surface area contributed by atoms with E-state index in [-0.39, 0.29) is 6.10 Å². The third-order valence-corrected chi connectivity index (χ3v) is 3.15. The smallest absolute Gasteiger partial charge is 0.140 e. The lowest BCUT2D eigenvalue weighted by atomic mass is 10.2. The summed E-state index contributed by atoms with van der Waals surface area (Å²) in [5.74, 6) is 3.67. The van der Waals surface area contributed by atoms with Crippen LogP contribution in [-0.2, 0) is 11.3 Å². The van der Waals surface area contributed by atoms with Crippen molar-refractivity contribution in [2.24, 2.45) is 0 Å². The molecule has 3 heteroatoms. The zero-order valence-electron chi connectivity index (χ0n) is 9.60. The summed E-state index contributed by atoms with van der Waals surface area (Å²) < 4.78 is 7.79. The van der Waals surface area contributed by atoms with Crippen molar-refractivity contribution in [3.8, 4) is 12.3 Å². The number of hydrogen-bond donors (Lipinski definition) is 0. The second-order valence-corrected chi connectivity index (χ2v) is 4.25. The van der Waals surface area contributed by atoms with E-state index in [4.69, 9.17) is 11.2 Å². The Hall–Kier alpha value is -1.79. The van der Waals surface area contributed by atoms with Gasteiger partial charge in [-0.3, -0.25) is 0 Å². The van der Waals surface area contributed by atoms with E-state index in [1.807, 2.05) is 18.2 Å². The molecule has 3 nitrogen and oxygen atoms in total. The van der Waals surface area contributed by atoms with Gasteiger partial charge in [-0.1, -0.05) is 18.1 Å². The van der Waals surface area contributed by atoms with E-state index in [0.717, 1.165) is 36.3 Å². The van der Waals surface area contributed by atoms with E-state index < -0.39 is 0 Å². The maximum atomic E-state index is 5.70. The maximum absolute atomic E-state index is 5.70. The van der Waals surface area contributed by atoms with Crippen molar-refractivity contribution in [1.29, 1.82) is 0 Å². The maximum Gasteiger partial charge on any atom is 0.140 e. The van der Waals surface area contributed by atoms with Gasteiger partial charge in [0.15, 0.2) is 0 Å². The summed E-state index contributed by atoms with van der Waals surface area (Å²) >= 11 is 0. The molecule has 1 atom stereocenters. The minimum Gasteiger partial charge on any atom is -0.370 e. The molecule has 2 heterocycles. The minimum atomic E-state index is 0.107. The molecule has 0 spiro atoms. The Balaban J connectivity index is 2.15. The van der Waals surface area contributed by atoms with Crippen LogP contribution in [0.1, 0.15) is 24.8 Å². The van der Waals surface area contributed by atoms with Gasteiger partial charge in [0.2, 0.25) is 0 Å². The average Bonchev–Trinajstić information content (AvgIpc) is 2.97. The normalized spacial score (nSPS) is 19.6. The topological polar surface area (TPSA) is 27.1 Å². The molecule has 86 valence electrons. The molecule has 1 aromatic carbocycles. The number of aromatic nitrogens is 2. The number of para-hydroxylation sites is 2. The summed E-state index contributed by atoms with van der Waals surface area (Å²) in [6.45, 7) is 1.37. The highest BCUT2D eigenvalue weighted by Gasteiger charge is 2.23. The summed E-state index contributed by atoms with van der Waals surface area (Å²) in [4.78, 5) is 4.66. The van der Waals surface area contributed by atoms with Crippen LogP contribution in [0, 0.1) is 12.3 Å². The number of rotatable bonds is 2. The summed E-state index contributed by atoms with van der Waals surface area (Å²) in [6.07, 6.45) is 7.68. The van der Waals surface area contributed by atoms with Crippen molar-refractivity contribution in [3.05, 3.63) is 30.1 Å². The molecular formula is C14H14N2O. The summed E-state index contributed by atoms with van der Waals surface area (Å²) in [6, 6.07) is 8.07. The second kappa shape index (κ2) is 4.23. The van der Waals surface area contributed by atoms with Crippen molar-refractivity contribution in [1.82, 2.24) is 9.55 Å². The van der Waals surface area contributed by atoms with Gasteiger partial charge in [-0.05, 0) is 25.0 Å². The van der Waals surface area contributed by atoms with E-state index in [1.54, 1.807) is 0 Å². The average molecular weight is 226 g/mol. The van der Waals surface area contributed by atoms with Crippen LogP contribution in [0.5, 0.6) is 0 Å². The highest BCUT2D eigenvalue weighted by atomic mass is 16.5. The molecule has 1 saturated heterocycles. The van der Waals surface area contributed by atoms with Crippen molar-refractivity contribution in [2.45, 2.75) is 25.5 Å². The number of hydrogen-bond acceptors (Lipinski definition) is 2. The van der Waals surface area contributed by atoms with Crippen molar-refractivity contribution >= 4 is 11.0 Å². The fourth-order valence-corrected chi connectivity index (χ4v) is 2.38. The fraction of sp³-hybridized carbons (Fsp3) is 0.357. The van der Waals surface area contributed by atoms with Crippen LogP contribution in [0.3, 0.4) is 0 Å². The van der Waals surface area contributed by atoms with Crippen LogP contribution in [-0.4, -0.2) is 16.2 Å². The Labute approximate surface area is 100 Å². The molecule has 17 heavy (non-hydrogen) atoms. The van der Waals surface area contributed by atoms with Crippen LogP contribution < -0.4 is 0 Å². The molecule has 1 aliphatic heterocycles. The molecule has 0 radical (unpaired) electrons. The van der Waals surface area contributed by atoms with Gasteiger partial charge in [-0.2, -0.15) is 0 Å². The molecule has 1 aromatic heterocycles. The monoisotopic (exact) mass is 226 g/mol. The van der Waals surface area contributed by atoms with Gasteiger partial charge in [-0.15, -0.1) is 6.42 Å². The van der Waals surface area contributed by atoms with Crippen molar-refractivity contribution in [2.75, 3.05) is 6.61 Å². The Morgan fingerprint density at radius 2 is 2.35 bits per heavy atom. The standard InChI is InChI=1S/C14H14N2O/c1-2-9-16-12-7-4-3-6-11(12)15-14(16)13-8-5-10-17-13/h1,3-4,6-7,13H,5,8-10H2/t13-/m0/s1. The van der Waals surface area contributed by atoms with E-state index in [2.05, 4.69) is 21.5 Å². The highest BCUT2D eigenvalue weighted by Crippen LogP contribution is 2.30. The predicted octanol–water partition coefficient (Wildman–Crippen LogP) is 2.52. The van der Waals surface area contributed by atoms with Crippen LogP contribution in [0.4, 0.5) is 0 Å². The molecule has 0 amide bonds. The van der Waals surface area contributed by atoms with Gasteiger partial charge < -0.3 is 9.30 Å². The van der Waals surface area contributed by atoms with Crippen LogP contribution in [0.25, 0.3) is 11.0 Å². The molecule has 3 rings (SSSR count). The number of benzene rings is 1. The number of nitrogens with zero attached hydrogens (tertiary/aromatic N) is 2. The van der Waals surface area contributed by atoms with Gasteiger partial charge in [-0.25, -0.2) is 4.98 Å². The SMILES string of the molecule is C#CCn1c([C@@H]2CCCO2)nc2ccccc21. The number of fused-ring (bicyclic) bond motifs is 1. The molecule has 0 aliphatic carbocycles. The Kier molecular flexibility index (Phi) is 2.58. The number of terminal acetylenes is 1. The Morgan fingerprint density at radius 1 is 1.47 bits per heavy atom. The first-order valence-electron chi connectivity index (χ1n) is 5.90. The van der Waals surface area contributed by atoms with Crippen LogP contribution >= 0.6 is 0 Å². The predicted molar refractivity (Wildman–Crippen MR) is 66.5 cm³/mol. The van der Waals surface area contributed by atoms with Gasteiger partial charge in [0.1, 0.15) is 11.9 Å². The first kappa shape index (κ1) is 10.4. The number of imidazole rings is 1. The van der Waals surface area contributed by atoms with Crippen molar-refractivity contribution in [3.63, 3.8) is 0 Å². The first-order valence-corrected chi connectivity index (χ1v) is 5.90. The van der Waals surface area contributed by atoms with E-state index in [0.29, 0.717) is 6.54 Å². The van der Waals surface area contributed by atoms with E-state index in [1.165, 1.54) is 0 Å². The summed E-state index contributed by atoms with van der Waals surface area (Å²) in [5, 5.41) is 0. The zero-order chi connectivity index (χ0) is 11.7. The molecule has 2 aromatic rings. The molecule has 1 fully saturated rings. The summed E-state index contributed by atoms with van der Waals surface area (Å²) in [5.41, 5.74) is 2.09. The first-order chi connectivity index (χ1) is 8.40.